The highest BCUT2D eigenvalue weighted by Crippen LogP contribution is 2.23. The third-order valence-corrected chi connectivity index (χ3v) is 1.96. The van der Waals surface area contributed by atoms with E-state index in [0.29, 0.717) is 5.88 Å². The number of fused-ring (bicyclic) bond motifs is 1. The minimum Gasteiger partial charge on any atom is -0.462 e. The lowest BCUT2D eigenvalue weighted by atomic mass is 10.1. The van der Waals surface area contributed by atoms with Crippen molar-refractivity contribution in [1.82, 2.24) is 10.5 Å². The number of aromatic nitrogens is 1. The first-order valence-electron chi connectivity index (χ1n) is 4.16. The molecule has 0 saturated carbocycles. The fourth-order valence-electron chi connectivity index (χ4n) is 1.34. The van der Waals surface area contributed by atoms with Gasteiger partial charge in [0.1, 0.15) is 5.76 Å². The zero-order valence-corrected chi connectivity index (χ0v) is 8.39. The highest BCUT2D eigenvalue weighted by atomic mass is 35.5. The topological polar surface area (TPSA) is 47.3 Å². The van der Waals surface area contributed by atoms with Crippen LogP contribution in [0, 0.1) is 12.3 Å². The van der Waals surface area contributed by atoms with Crippen LogP contribution in [0.2, 0.25) is 0 Å². The predicted octanol–water partition coefficient (Wildman–Crippen LogP) is 0.754. The molecule has 2 rings (SSSR count). The summed E-state index contributed by atoms with van der Waals surface area (Å²) < 4.78 is 10.3. The summed E-state index contributed by atoms with van der Waals surface area (Å²) in [6.07, 6.45) is 5.94. The molecule has 0 amide bonds. The largest absolute Gasteiger partial charge is 0.462 e. The first kappa shape index (κ1) is 10.9. The van der Waals surface area contributed by atoms with Crippen molar-refractivity contribution in [1.29, 1.82) is 0 Å². The van der Waals surface area contributed by atoms with Crippen molar-refractivity contribution in [3.63, 3.8) is 0 Å². The van der Waals surface area contributed by atoms with Crippen LogP contribution in [0.5, 0.6) is 5.88 Å². The number of terminal acetylenes is 1. The van der Waals surface area contributed by atoms with E-state index in [0.717, 1.165) is 30.8 Å². The second kappa shape index (κ2) is 4.89. The van der Waals surface area contributed by atoms with Crippen LogP contribution in [0.3, 0.4) is 0 Å². The van der Waals surface area contributed by atoms with Gasteiger partial charge in [-0.1, -0.05) is 5.92 Å². The molecule has 0 fully saturated rings. The van der Waals surface area contributed by atoms with Gasteiger partial charge in [-0.15, -0.1) is 18.8 Å². The number of hydrogen-bond acceptors (Lipinski definition) is 4. The van der Waals surface area contributed by atoms with Gasteiger partial charge in [-0.25, -0.2) is 0 Å². The molecule has 0 unspecified atom stereocenters. The minimum atomic E-state index is 0. The van der Waals surface area contributed by atoms with E-state index in [4.69, 9.17) is 15.7 Å². The summed E-state index contributed by atoms with van der Waals surface area (Å²) in [4.78, 5) is 0. The van der Waals surface area contributed by atoms with E-state index in [1.807, 2.05) is 0 Å². The van der Waals surface area contributed by atoms with Crippen molar-refractivity contribution < 1.29 is 9.26 Å². The minimum absolute atomic E-state index is 0. The summed E-state index contributed by atoms with van der Waals surface area (Å²) in [5.41, 5.74) is 1.00. The van der Waals surface area contributed by atoms with Gasteiger partial charge in [0.2, 0.25) is 0 Å². The fraction of sp³-hybridized carbons (Fsp3) is 0.444. The molecule has 5 heteroatoms. The third kappa shape index (κ3) is 2.00. The standard InChI is InChI=1S/C9H10N2O2.ClH/c1-2-5-12-9-7-6-10-4-3-8(7)13-11-9;/h1,10H,3-6H2;1H. The molecule has 2 heterocycles. The molecule has 14 heavy (non-hydrogen) atoms. The van der Waals surface area contributed by atoms with Gasteiger partial charge in [0.15, 0.2) is 6.61 Å². The second-order valence-electron chi connectivity index (χ2n) is 2.81. The molecule has 0 aromatic carbocycles. The Bertz CT molecular complexity index is 343. The smallest absolute Gasteiger partial charge is 0.259 e. The maximum Gasteiger partial charge on any atom is 0.259 e. The number of halogens is 1. The fourth-order valence-corrected chi connectivity index (χ4v) is 1.34. The van der Waals surface area contributed by atoms with Gasteiger partial charge in [-0.05, 0) is 5.16 Å². The van der Waals surface area contributed by atoms with Crippen LogP contribution in [0.4, 0.5) is 0 Å². The summed E-state index contributed by atoms with van der Waals surface area (Å²) in [6, 6.07) is 0. The lowest BCUT2D eigenvalue weighted by Gasteiger charge is -2.10. The Morgan fingerprint density at radius 2 is 2.50 bits per heavy atom. The maximum atomic E-state index is 5.21. The van der Waals surface area contributed by atoms with Crippen molar-refractivity contribution in [2.75, 3.05) is 13.2 Å². The molecule has 76 valence electrons. The molecule has 0 spiro atoms. The number of nitrogens with zero attached hydrogens (tertiary/aromatic N) is 1. The van der Waals surface area contributed by atoms with Gasteiger partial charge in [0.25, 0.3) is 5.88 Å². The summed E-state index contributed by atoms with van der Waals surface area (Å²) in [5.74, 6) is 3.82. The Morgan fingerprint density at radius 1 is 1.64 bits per heavy atom. The zero-order chi connectivity index (χ0) is 9.10. The van der Waals surface area contributed by atoms with Gasteiger partial charge < -0.3 is 14.6 Å². The number of rotatable bonds is 2. The molecule has 1 aliphatic heterocycles. The molecule has 0 atom stereocenters. The van der Waals surface area contributed by atoms with Crippen LogP contribution in [0.25, 0.3) is 0 Å². The Kier molecular flexibility index (Phi) is 3.81. The van der Waals surface area contributed by atoms with Crippen molar-refractivity contribution in [2.45, 2.75) is 13.0 Å². The van der Waals surface area contributed by atoms with E-state index < -0.39 is 0 Å². The van der Waals surface area contributed by atoms with Crippen molar-refractivity contribution in [2.24, 2.45) is 0 Å². The molecule has 1 N–H and O–H groups in total. The Balaban J connectivity index is 0.000000980. The summed E-state index contributed by atoms with van der Waals surface area (Å²) >= 11 is 0. The molecule has 0 radical (unpaired) electrons. The van der Waals surface area contributed by atoms with Crippen LogP contribution < -0.4 is 10.1 Å². The Hall–Kier alpha value is -1.18. The maximum absolute atomic E-state index is 5.21. The van der Waals surface area contributed by atoms with E-state index in [1.54, 1.807) is 0 Å². The van der Waals surface area contributed by atoms with Crippen LogP contribution in [0.1, 0.15) is 11.3 Å². The molecule has 1 aliphatic rings. The molecule has 0 bridgehead atoms. The van der Waals surface area contributed by atoms with E-state index >= 15 is 0 Å². The van der Waals surface area contributed by atoms with Crippen LogP contribution in [-0.2, 0) is 13.0 Å². The Morgan fingerprint density at radius 3 is 3.29 bits per heavy atom. The van der Waals surface area contributed by atoms with Gasteiger partial charge >= 0.3 is 0 Å². The number of nitrogens with one attached hydrogen (secondary N) is 1. The van der Waals surface area contributed by atoms with E-state index in [9.17, 15) is 0 Å². The quantitative estimate of drug-likeness (QED) is 0.739. The van der Waals surface area contributed by atoms with E-state index in [-0.39, 0.29) is 19.0 Å². The van der Waals surface area contributed by atoms with Gasteiger partial charge in [0.05, 0.1) is 5.56 Å². The zero-order valence-electron chi connectivity index (χ0n) is 7.58. The summed E-state index contributed by atoms with van der Waals surface area (Å²) in [6.45, 7) is 1.91. The Labute approximate surface area is 88.4 Å². The molecule has 0 saturated heterocycles. The average molecular weight is 215 g/mol. The van der Waals surface area contributed by atoms with Crippen LogP contribution in [0.15, 0.2) is 4.52 Å². The molecule has 1 aromatic rings. The first-order chi connectivity index (χ1) is 6.42. The lowest BCUT2D eigenvalue weighted by molar-refractivity contribution is 0.307. The van der Waals surface area contributed by atoms with Crippen molar-refractivity contribution >= 4 is 12.4 Å². The lowest BCUT2D eigenvalue weighted by Crippen LogP contribution is -2.22. The highest BCUT2D eigenvalue weighted by Gasteiger charge is 2.19. The molecule has 1 aromatic heterocycles. The van der Waals surface area contributed by atoms with E-state index in [1.165, 1.54) is 0 Å². The number of ether oxygens (including phenoxy) is 1. The normalized spacial score (nSPS) is 13.6. The third-order valence-electron chi connectivity index (χ3n) is 1.96. The van der Waals surface area contributed by atoms with Gasteiger partial charge in [-0.3, -0.25) is 0 Å². The van der Waals surface area contributed by atoms with Crippen molar-refractivity contribution in [3.8, 4) is 18.2 Å². The molecular formula is C9H11ClN2O2. The monoisotopic (exact) mass is 214 g/mol. The van der Waals surface area contributed by atoms with Gasteiger partial charge in [-0.2, -0.15) is 0 Å². The summed E-state index contributed by atoms with van der Waals surface area (Å²) in [5, 5.41) is 7.01. The second-order valence-corrected chi connectivity index (χ2v) is 2.81. The first-order valence-corrected chi connectivity index (χ1v) is 4.16. The predicted molar refractivity (Wildman–Crippen MR) is 53.5 cm³/mol. The van der Waals surface area contributed by atoms with Crippen LogP contribution >= 0.6 is 12.4 Å². The van der Waals surface area contributed by atoms with Crippen LogP contribution in [-0.4, -0.2) is 18.3 Å². The molecular weight excluding hydrogens is 204 g/mol. The molecule has 4 nitrogen and oxygen atoms in total. The molecule has 0 aliphatic carbocycles. The number of hydrogen-bond donors (Lipinski definition) is 1. The highest BCUT2D eigenvalue weighted by molar-refractivity contribution is 5.85. The SMILES string of the molecule is C#CCOc1noc2c1CNCC2.Cl. The van der Waals surface area contributed by atoms with Crippen molar-refractivity contribution in [3.05, 3.63) is 11.3 Å². The average Bonchev–Trinajstić information content (AvgIpc) is 2.58. The summed E-state index contributed by atoms with van der Waals surface area (Å²) in [7, 11) is 0. The van der Waals surface area contributed by atoms with Gasteiger partial charge in [0, 0.05) is 19.5 Å². The van der Waals surface area contributed by atoms with E-state index in [2.05, 4.69) is 16.4 Å².